The first kappa shape index (κ1) is 23.0. The molecule has 4 rings (SSSR count). The number of fused-ring (bicyclic) bond motifs is 3. The average Bonchev–Trinajstić information content (AvgIpc) is 3.44. The van der Waals surface area contributed by atoms with Crippen molar-refractivity contribution in [2.24, 2.45) is 0 Å². The molecule has 1 aliphatic carbocycles. The van der Waals surface area contributed by atoms with E-state index in [0.29, 0.717) is 6.42 Å². The number of rotatable bonds is 9. The van der Waals surface area contributed by atoms with E-state index in [1.807, 2.05) is 43.3 Å². The summed E-state index contributed by atoms with van der Waals surface area (Å²) in [5.74, 6) is -1.59. The van der Waals surface area contributed by atoms with Gasteiger partial charge in [0.05, 0.1) is 6.54 Å². The van der Waals surface area contributed by atoms with E-state index in [1.54, 1.807) is 0 Å². The van der Waals surface area contributed by atoms with Gasteiger partial charge >= 0.3 is 12.1 Å². The van der Waals surface area contributed by atoms with Crippen LogP contribution in [0.3, 0.4) is 0 Å². The number of hydrogen-bond donors (Lipinski definition) is 3. The van der Waals surface area contributed by atoms with E-state index in [4.69, 9.17) is 14.3 Å². The van der Waals surface area contributed by atoms with E-state index in [-0.39, 0.29) is 42.9 Å². The van der Waals surface area contributed by atoms with Crippen LogP contribution < -0.4 is 10.6 Å². The first-order valence-corrected chi connectivity index (χ1v) is 11.0. The first-order valence-electron chi connectivity index (χ1n) is 11.0. The van der Waals surface area contributed by atoms with Crippen LogP contribution in [0.4, 0.5) is 4.79 Å². The van der Waals surface area contributed by atoms with Gasteiger partial charge in [0.15, 0.2) is 17.8 Å². The molecular formula is C25H25N3O6. The molecule has 0 saturated heterocycles. The lowest BCUT2D eigenvalue weighted by atomic mass is 9.98. The largest absolute Gasteiger partial charge is 0.476 e. The number of carboxylic acids is 1. The number of aromatic nitrogens is 1. The Morgan fingerprint density at radius 1 is 1.09 bits per heavy atom. The van der Waals surface area contributed by atoms with Crippen molar-refractivity contribution >= 4 is 18.0 Å². The van der Waals surface area contributed by atoms with Crippen LogP contribution in [0.25, 0.3) is 11.1 Å². The maximum absolute atomic E-state index is 12.5. The fourth-order valence-electron chi connectivity index (χ4n) is 4.15. The molecule has 1 aliphatic rings. The Morgan fingerprint density at radius 3 is 2.35 bits per heavy atom. The highest BCUT2D eigenvalue weighted by atomic mass is 16.5. The second-order valence-corrected chi connectivity index (χ2v) is 7.99. The third kappa shape index (κ3) is 4.93. The minimum atomic E-state index is -1.23. The number of hydrogen-bond acceptors (Lipinski definition) is 6. The molecule has 3 N–H and O–H groups in total. The van der Waals surface area contributed by atoms with Crippen molar-refractivity contribution in [1.82, 2.24) is 15.6 Å². The van der Waals surface area contributed by atoms with Gasteiger partial charge in [0.25, 0.3) is 0 Å². The van der Waals surface area contributed by atoms with Gasteiger partial charge in [-0.1, -0.05) is 55.5 Å². The van der Waals surface area contributed by atoms with Crippen LogP contribution in [0.15, 0.2) is 59.3 Å². The molecular weight excluding hydrogens is 438 g/mol. The Morgan fingerprint density at radius 2 is 1.74 bits per heavy atom. The molecule has 1 atom stereocenters. The molecule has 176 valence electrons. The molecule has 0 aliphatic heterocycles. The maximum Gasteiger partial charge on any atom is 0.407 e. The molecule has 0 saturated carbocycles. The second kappa shape index (κ2) is 10.2. The third-order valence-corrected chi connectivity index (χ3v) is 5.88. The number of amides is 2. The summed E-state index contributed by atoms with van der Waals surface area (Å²) in [7, 11) is 0. The van der Waals surface area contributed by atoms with Gasteiger partial charge in [0.2, 0.25) is 5.91 Å². The van der Waals surface area contributed by atoms with Gasteiger partial charge in [-0.2, -0.15) is 0 Å². The second-order valence-electron chi connectivity index (χ2n) is 7.99. The summed E-state index contributed by atoms with van der Waals surface area (Å²) in [6.07, 6.45) is 0.945. The molecule has 1 heterocycles. The summed E-state index contributed by atoms with van der Waals surface area (Å²) in [5, 5.41) is 14.4. The van der Waals surface area contributed by atoms with Gasteiger partial charge in [-0.25, -0.2) is 14.6 Å². The highest BCUT2D eigenvalue weighted by molar-refractivity contribution is 5.86. The van der Waals surface area contributed by atoms with E-state index in [2.05, 4.69) is 27.8 Å². The van der Waals surface area contributed by atoms with Crippen LogP contribution in [-0.4, -0.2) is 40.7 Å². The van der Waals surface area contributed by atoms with Crippen LogP contribution in [-0.2, 0) is 16.1 Å². The number of nitrogens with one attached hydrogen (secondary N) is 2. The Labute approximate surface area is 196 Å². The van der Waals surface area contributed by atoms with E-state index in [1.165, 1.54) is 0 Å². The molecule has 9 nitrogen and oxygen atoms in total. The predicted molar refractivity (Wildman–Crippen MR) is 122 cm³/mol. The molecule has 0 radical (unpaired) electrons. The number of benzene rings is 2. The summed E-state index contributed by atoms with van der Waals surface area (Å²) in [5.41, 5.74) is 4.29. The zero-order valence-electron chi connectivity index (χ0n) is 18.6. The molecule has 9 heteroatoms. The minimum Gasteiger partial charge on any atom is -0.476 e. The number of oxazole rings is 1. The highest BCUT2D eigenvalue weighted by Crippen LogP contribution is 2.44. The number of carbonyl (C=O) groups is 3. The normalized spacial score (nSPS) is 13.0. The number of nitrogens with zero attached hydrogens (tertiary/aromatic N) is 1. The Kier molecular flexibility index (Phi) is 6.91. The quantitative estimate of drug-likeness (QED) is 0.441. The Balaban J connectivity index is 1.29. The van der Waals surface area contributed by atoms with Crippen molar-refractivity contribution in [1.29, 1.82) is 0 Å². The highest BCUT2D eigenvalue weighted by Gasteiger charge is 2.29. The Bertz CT molecular complexity index is 1160. The maximum atomic E-state index is 12.5. The number of ether oxygens (including phenoxy) is 1. The van der Waals surface area contributed by atoms with Crippen molar-refractivity contribution < 1.29 is 28.6 Å². The standard InChI is InChI=1S/C25H25N3O6/c1-2-15(11-22(29)26-12-21-23(24(30)31)27-14-34-21)28-25(32)33-13-20-18-9-5-3-7-16(18)17-8-4-6-10-19(17)20/h3-10,14-15,20H,2,11-13H2,1H3,(H,26,29)(H,28,32)(H,30,31)/t15-/m0/s1. The molecule has 0 bridgehead atoms. The van der Waals surface area contributed by atoms with Crippen molar-refractivity contribution in [3.8, 4) is 11.1 Å². The van der Waals surface area contributed by atoms with Crippen molar-refractivity contribution in [2.75, 3.05) is 6.61 Å². The summed E-state index contributed by atoms with van der Waals surface area (Å²) in [4.78, 5) is 39.5. The van der Waals surface area contributed by atoms with Gasteiger partial charge < -0.3 is 24.9 Å². The van der Waals surface area contributed by atoms with Gasteiger partial charge in [0, 0.05) is 18.4 Å². The number of aromatic carboxylic acids is 1. The van der Waals surface area contributed by atoms with Crippen LogP contribution >= 0.6 is 0 Å². The van der Waals surface area contributed by atoms with E-state index in [9.17, 15) is 14.4 Å². The molecule has 2 amide bonds. The smallest absolute Gasteiger partial charge is 0.407 e. The van der Waals surface area contributed by atoms with Crippen LogP contribution in [0.1, 0.15) is 53.1 Å². The van der Waals surface area contributed by atoms with Gasteiger partial charge in [-0.3, -0.25) is 4.79 Å². The van der Waals surface area contributed by atoms with Crippen molar-refractivity contribution in [3.63, 3.8) is 0 Å². The summed E-state index contributed by atoms with van der Waals surface area (Å²) in [6.45, 7) is 1.93. The fourth-order valence-corrected chi connectivity index (χ4v) is 4.15. The van der Waals surface area contributed by atoms with Gasteiger partial charge in [-0.05, 0) is 28.7 Å². The zero-order chi connectivity index (χ0) is 24.1. The lowest BCUT2D eigenvalue weighted by molar-refractivity contribution is -0.121. The van der Waals surface area contributed by atoms with Gasteiger partial charge in [-0.15, -0.1) is 0 Å². The first-order chi connectivity index (χ1) is 16.5. The van der Waals surface area contributed by atoms with Crippen LogP contribution in [0.2, 0.25) is 0 Å². The minimum absolute atomic E-state index is 0.0111. The fraction of sp³-hybridized carbons (Fsp3) is 0.280. The number of alkyl carbamates (subject to hydrolysis) is 1. The van der Waals surface area contributed by atoms with E-state index < -0.39 is 18.1 Å². The third-order valence-electron chi connectivity index (χ3n) is 5.88. The SMILES string of the molecule is CC[C@@H](CC(=O)NCc1ocnc1C(=O)O)NC(=O)OCC1c2ccccc2-c2ccccc21. The average molecular weight is 463 g/mol. The number of carbonyl (C=O) groups excluding carboxylic acids is 2. The van der Waals surface area contributed by atoms with Crippen molar-refractivity contribution in [2.45, 2.75) is 38.3 Å². The summed E-state index contributed by atoms with van der Waals surface area (Å²) in [6, 6.07) is 15.7. The lowest BCUT2D eigenvalue weighted by Crippen LogP contribution is -2.39. The molecule has 3 aromatic rings. The van der Waals surface area contributed by atoms with Gasteiger partial charge in [0.1, 0.15) is 6.61 Å². The lowest BCUT2D eigenvalue weighted by Gasteiger charge is -2.18. The van der Waals surface area contributed by atoms with E-state index >= 15 is 0 Å². The molecule has 34 heavy (non-hydrogen) atoms. The van der Waals surface area contributed by atoms with E-state index in [0.717, 1.165) is 28.6 Å². The zero-order valence-corrected chi connectivity index (χ0v) is 18.6. The van der Waals surface area contributed by atoms with Crippen LogP contribution in [0.5, 0.6) is 0 Å². The molecule has 0 unspecified atom stereocenters. The van der Waals surface area contributed by atoms with Crippen molar-refractivity contribution in [3.05, 3.63) is 77.5 Å². The molecule has 2 aromatic carbocycles. The molecule has 0 fully saturated rings. The summed E-state index contributed by atoms with van der Waals surface area (Å²) >= 11 is 0. The number of carboxylic acid groups (broad SMARTS) is 1. The summed E-state index contributed by atoms with van der Waals surface area (Å²) < 4.78 is 10.6. The molecule has 0 spiro atoms. The molecule has 1 aromatic heterocycles. The monoisotopic (exact) mass is 463 g/mol. The Hall–Kier alpha value is -4.14. The van der Waals surface area contributed by atoms with Crippen LogP contribution in [0, 0.1) is 0 Å². The topological polar surface area (TPSA) is 131 Å². The predicted octanol–water partition coefficient (Wildman–Crippen LogP) is 3.70.